The summed E-state index contributed by atoms with van der Waals surface area (Å²) in [4.78, 5) is 1.24. The molecule has 19 heavy (non-hydrogen) atoms. The Morgan fingerprint density at radius 1 is 1.42 bits per heavy atom. The quantitative estimate of drug-likeness (QED) is 0.857. The van der Waals surface area contributed by atoms with Gasteiger partial charge in [0, 0.05) is 10.6 Å². The van der Waals surface area contributed by atoms with Crippen molar-refractivity contribution in [2.45, 2.75) is 25.8 Å². The minimum atomic E-state index is -0.478. The first-order chi connectivity index (χ1) is 9.24. The monoisotopic (exact) mass is 274 g/mol. The van der Waals surface area contributed by atoms with Gasteiger partial charge in [-0.1, -0.05) is 19.4 Å². The largest absolute Gasteiger partial charge is 0.377 e. The molecule has 98 valence electrons. The Hall–Kier alpha value is -1.86. The fourth-order valence-electron chi connectivity index (χ4n) is 1.96. The summed E-state index contributed by atoms with van der Waals surface area (Å²) in [6.45, 7) is 2.13. The number of nitrogens with one attached hydrogen (secondary N) is 1. The number of thiophene rings is 1. The second-order valence-corrected chi connectivity index (χ2v) is 5.29. The fourth-order valence-corrected chi connectivity index (χ4v) is 2.77. The molecule has 1 N–H and O–H groups in total. The number of anilines is 1. The molecule has 0 bridgehead atoms. The number of benzene rings is 1. The molecule has 0 amide bonds. The number of rotatable bonds is 5. The summed E-state index contributed by atoms with van der Waals surface area (Å²) in [6, 6.07) is 10.8. The van der Waals surface area contributed by atoms with E-state index in [1.165, 1.54) is 17.0 Å². The van der Waals surface area contributed by atoms with E-state index in [0.717, 1.165) is 12.8 Å². The Morgan fingerprint density at radius 3 is 2.84 bits per heavy atom. The fraction of sp³-hybridized carbons (Fsp3) is 0.267. The molecule has 2 rings (SSSR count). The lowest BCUT2D eigenvalue weighted by molar-refractivity contribution is 0.623. The van der Waals surface area contributed by atoms with Crippen LogP contribution in [0.25, 0.3) is 0 Å². The molecule has 0 aliphatic heterocycles. The zero-order chi connectivity index (χ0) is 13.7. The van der Waals surface area contributed by atoms with Crippen molar-refractivity contribution in [2.75, 3.05) is 5.32 Å². The lowest BCUT2D eigenvalue weighted by Gasteiger charge is -2.18. The molecule has 0 aliphatic carbocycles. The van der Waals surface area contributed by atoms with Gasteiger partial charge in [0.2, 0.25) is 0 Å². The van der Waals surface area contributed by atoms with Gasteiger partial charge in [0.05, 0.1) is 11.6 Å². The molecule has 4 heteroatoms. The lowest BCUT2D eigenvalue weighted by atomic mass is 10.1. The third-order valence-electron chi connectivity index (χ3n) is 2.89. The van der Waals surface area contributed by atoms with E-state index in [9.17, 15) is 4.39 Å². The Bertz CT molecular complexity index is 572. The van der Waals surface area contributed by atoms with E-state index in [0.29, 0.717) is 5.69 Å². The average Bonchev–Trinajstić information content (AvgIpc) is 2.92. The first kappa shape index (κ1) is 13.6. The summed E-state index contributed by atoms with van der Waals surface area (Å²) in [5.41, 5.74) is 0.789. The van der Waals surface area contributed by atoms with E-state index in [4.69, 9.17) is 5.26 Å². The van der Waals surface area contributed by atoms with Crippen LogP contribution in [0.2, 0.25) is 0 Å². The summed E-state index contributed by atoms with van der Waals surface area (Å²) >= 11 is 1.69. The highest BCUT2D eigenvalue weighted by atomic mass is 32.1. The average molecular weight is 274 g/mol. The van der Waals surface area contributed by atoms with Gasteiger partial charge in [0.1, 0.15) is 11.9 Å². The van der Waals surface area contributed by atoms with E-state index in [2.05, 4.69) is 18.3 Å². The standard InChI is InChI=1S/C15H15FN2S/c1-2-4-14(15-5-3-8-19-15)18-12-7-6-11(10-17)13(16)9-12/h3,5-9,14,18H,2,4H2,1H3. The Labute approximate surface area is 116 Å². The zero-order valence-electron chi connectivity index (χ0n) is 10.7. The molecule has 2 aromatic rings. The molecule has 0 aliphatic rings. The van der Waals surface area contributed by atoms with E-state index in [1.54, 1.807) is 17.4 Å². The number of nitrogens with zero attached hydrogens (tertiary/aromatic N) is 1. The molecule has 2 nitrogen and oxygen atoms in total. The molecular weight excluding hydrogens is 259 g/mol. The van der Waals surface area contributed by atoms with Crippen LogP contribution >= 0.6 is 11.3 Å². The van der Waals surface area contributed by atoms with Gasteiger partial charge in [-0.15, -0.1) is 11.3 Å². The molecule has 0 fully saturated rings. The van der Waals surface area contributed by atoms with Crippen LogP contribution in [-0.2, 0) is 0 Å². The van der Waals surface area contributed by atoms with Crippen molar-refractivity contribution in [1.29, 1.82) is 5.26 Å². The predicted octanol–water partition coefficient (Wildman–Crippen LogP) is 4.71. The van der Waals surface area contributed by atoms with E-state index >= 15 is 0 Å². The van der Waals surface area contributed by atoms with Gasteiger partial charge in [-0.2, -0.15) is 5.26 Å². The van der Waals surface area contributed by atoms with Gasteiger partial charge >= 0.3 is 0 Å². The number of nitriles is 1. The highest BCUT2D eigenvalue weighted by Gasteiger charge is 2.12. The molecule has 1 atom stereocenters. The van der Waals surface area contributed by atoms with E-state index in [1.807, 2.05) is 17.5 Å². The maximum absolute atomic E-state index is 13.6. The summed E-state index contributed by atoms with van der Waals surface area (Å²) in [7, 11) is 0. The normalized spacial score (nSPS) is 11.8. The SMILES string of the molecule is CCCC(Nc1ccc(C#N)c(F)c1)c1cccs1. The maximum Gasteiger partial charge on any atom is 0.143 e. The second-order valence-electron chi connectivity index (χ2n) is 4.31. The minimum Gasteiger partial charge on any atom is -0.377 e. The van der Waals surface area contributed by atoms with Crippen molar-refractivity contribution in [1.82, 2.24) is 0 Å². The predicted molar refractivity (Wildman–Crippen MR) is 76.7 cm³/mol. The second kappa shape index (κ2) is 6.35. The van der Waals surface area contributed by atoms with E-state index in [-0.39, 0.29) is 11.6 Å². The van der Waals surface area contributed by atoms with Gasteiger partial charge in [-0.25, -0.2) is 4.39 Å². The van der Waals surface area contributed by atoms with Crippen LogP contribution in [0.5, 0.6) is 0 Å². The summed E-state index contributed by atoms with van der Waals surface area (Å²) < 4.78 is 13.6. The first-order valence-electron chi connectivity index (χ1n) is 6.24. The third kappa shape index (κ3) is 3.33. The molecule has 1 aromatic carbocycles. The first-order valence-corrected chi connectivity index (χ1v) is 7.12. The van der Waals surface area contributed by atoms with Crippen LogP contribution in [-0.4, -0.2) is 0 Å². The van der Waals surface area contributed by atoms with Crippen molar-refractivity contribution >= 4 is 17.0 Å². The highest BCUT2D eigenvalue weighted by molar-refractivity contribution is 7.10. The summed E-state index contributed by atoms with van der Waals surface area (Å²) in [5, 5.41) is 14.1. The van der Waals surface area contributed by atoms with Crippen molar-refractivity contribution in [3.05, 3.63) is 52.0 Å². The van der Waals surface area contributed by atoms with Crippen molar-refractivity contribution < 1.29 is 4.39 Å². The van der Waals surface area contributed by atoms with Crippen molar-refractivity contribution in [2.24, 2.45) is 0 Å². The van der Waals surface area contributed by atoms with Gasteiger partial charge in [0.15, 0.2) is 0 Å². The summed E-state index contributed by atoms with van der Waals surface area (Å²) in [5.74, 6) is -0.478. The minimum absolute atomic E-state index is 0.0775. The number of hydrogen-bond acceptors (Lipinski definition) is 3. The molecule has 1 aromatic heterocycles. The maximum atomic E-state index is 13.6. The van der Waals surface area contributed by atoms with Crippen molar-refractivity contribution in [3.63, 3.8) is 0 Å². The molecule has 0 spiro atoms. The molecule has 1 unspecified atom stereocenters. The van der Waals surface area contributed by atoms with Crippen LogP contribution in [0.3, 0.4) is 0 Å². The Kier molecular flexibility index (Phi) is 4.53. The lowest BCUT2D eigenvalue weighted by Crippen LogP contribution is -2.09. The summed E-state index contributed by atoms with van der Waals surface area (Å²) in [6.07, 6.45) is 2.04. The topological polar surface area (TPSA) is 35.8 Å². The Morgan fingerprint density at radius 2 is 2.26 bits per heavy atom. The number of hydrogen-bond donors (Lipinski definition) is 1. The van der Waals surface area contributed by atoms with Crippen LogP contribution < -0.4 is 5.32 Å². The van der Waals surface area contributed by atoms with Crippen LogP contribution in [0, 0.1) is 17.1 Å². The molecular formula is C15H15FN2S. The molecule has 1 heterocycles. The smallest absolute Gasteiger partial charge is 0.143 e. The third-order valence-corrected chi connectivity index (χ3v) is 3.88. The van der Waals surface area contributed by atoms with Crippen LogP contribution in [0.4, 0.5) is 10.1 Å². The Balaban J connectivity index is 2.18. The zero-order valence-corrected chi connectivity index (χ0v) is 11.5. The molecule has 0 saturated heterocycles. The highest BCUT2D eigenvalue weighted by Crippen LogP contribution is 2.28. The van der Waals surface area contributed by atoms with Crippen LogP contribution in [0.15, 0.2) is 35.7 Å². The van der Waals surface area contributed by atoms with Gasteiger partial charge in [-0.05, 0) is 36.1 Å². The molecule has 0 saturated carbocycles. The van der Waals surface area contributed by atoms with Gasteiger partial charge < -0.3 is 5.32 Å². The van der Waals surface area contributed by atoms with Gasteiger partial charge in [0.25, 0.3) is 0 Å². The van der Waals surface area contributed by atoms with Crippen molar-refractivity contribution in [3.8, 4) is 6.07 Å². The van der Waals surface area contributed by atoms with Crippen LogP contribution in [0.1, 0.15) is 36.2 Å². The van der Waals surface area contributed by atoms with E-state index < -0.39 is 5.82 Å². The van der Waals surface area contributed by atoms with Gasteiger partial charge in [-0.3, -0.25) is 0 Å². The molecule has 0 radical (unpaired) electrons. The number of halogens is 1.